The number of ether oxygens (including phenoxy) is 3. The minimum atomic E-state index is -1.77. The SMILES string of the molecule is CC(=O)OC(c1cccc(OC2CCCCO2)c1)C(Cl)(Cl)Cl. The van der Waals surface area contributed by atoms with Crippen LogP contribution in [-0.2, 0) is 14.3 Å². The monoisotopic (exact) mass is 366 g/mol. The normalized spacial score (nSPS) is 20.3. The van der Waals surface area contributed by atoms with Gasteiger partial charge >= 0.3 is 5.97 Å². The van der Waals surface area contributed by atoms with Crippen molar-refractivity contribution in [2.24, 2.45) is 0 Å². The summed E-state index contributed by atoms with van der Waals surface area (Å²) in [6.45, 7) is 1.95. The number of carbonyl (C=O) groups excluding carboxylic acids is 1. The molecule has 1 aromatic rings. The van der Waals surface area contributed by atoms with Gasteiger partial charge in [0.15, 0.2) is 12.4 Å². The zero-order valence-electron chi connectivity index (χ0n) is 12.1. The summed E-state index contributed by atoms with van der Waals surface area (Å²) in [5.74, 6) is 0.0501. The molecule has 0 radical (unpaired) electrons. The lowest BCUT2D eigenvalue weighted by atomic mass is 10.1. The summed E-state index contributed by atoms with van der Waals surface area (Å²) in [5, 5.41) is 0. The summed E-state index contributed by atoms with van der Waals surface area (Å²) in [6, 6.07) is 6.93. The first-order valence-electron chi connectivity index (χ1n) is 6.98. The lowest BCUT2D eigenvalue weighted by molar-refractivity contribution is -0.146. The number of hydrogen-bond acceptors (Lipinski definition) is 4. The summed E-state index contributed by atoms with van der Waals surface area (Å²) >= 11 is 17.7. The van der Waals surface area contributed by atoms with Crippen LogP contribution in [0.25, 0.3) is 0 Å². The van der Waals surface area contributed by atoms with Crippen molar-refractivity contribution in [2.45, 2.75) is 42.4 Å². The lowest BCUT2D eigenvalue weighted by Gasteiger charge is -2.26. The molecule has 0 bridgehead atoms. The molecule has 2 unspecified atom stereocenters. The van der Waals surface area contributed by atoms with Crippen LogP contribution in [0.5, 0.6) is 5.75 Å². The van der Waals surface area contributed by atoms with Gasteiger partial charge in [0.1, 0.15) is 5.75 Å². The Balaban J connectivity index is 2.15. The Hall–Kier alpha value is -0.680. The van der Waals surface area contributed by atoms with E-state index in [0.29, 0.717) is 17.9 Å². The van der Waals surface area contributed by atoms with E-state index in [1.54, 1.807) is 24.3 Å². The second-order valence-electron chi connectivity index (χ2n) is 5.02. The standard InChI is InChI=1S/C15H17Cl3O4/c1-10(19)21-14(15(16,17)18)11-5-4-6-12(9-11)22-13-7-2-3-8-20-13/h4-6,9,13-14H,2-3,7-8H2,1H3. The molecule has 0 amide bonds. The third-order valence-corrected chi connectivity index (χ3v) is 3.74. The topological polar surface area (TPSA) is 44.8 Å². The number of alkyl halides is 3. The summed E-state index contributed by atoms with van der Waals surface area (Å²) in [6.07, 6.45) is 1.66. The molecule has 22 heavy (non-hydrogen) atoms. The second kappa shape index (κ2) is 7.73. The highest BCUT2D eigenvalue weighted by Crippen LogP contribution is 2.43. The maximum Gasteiger partial charge on any atom is 0.303 e. The largest absolute Gasteiger partial charge is 0.465 e. The Morgan fingerprint density at radius 1 is 1.36 bits per heavy atom. The highest BCUT2D eigenvalue weighted by molar-refractivity contribution is 6.68. The number of halogens is 3. The molecule has 0 spiro atoms. The van der Waals surface area contributed by atoms with Gasteiger partial charge in [-0.1, -0.05) is 46.9 Å². The van der Waals surface area contributed by atoms with Crippen molar-refractivity contribution in [3.8, 4) is 5.75 Å². The van der Waals surface area contributed by atoms with Crippen LogP contribution in [0.15, 0.2) is 24.3 Å². The van der Waals surface area contributed by atoms with Crippen molar-refractivity contribution in [2.75, 3.05) is 6.61 Å². The molecule has 1 saturated heterocycles. The molecule has 7 heteroatoms. The predicted octanol–water partition coefficient (Wildman–Crippen LogP) is 4.57. The van der Waals surface area contributed by atoms with E-state index in [2.05, 4.69) is 0 Å². The average molecular weight is 368 g/mol. The molecule has 1 fully saturated rings. The fraction of sp³-hybridized carbons (Fsp3) is 0.533. The van der Waals surface area contributed by atoms with E-state index in [9.17, 15) is 4.79 Å². The molecule has 0 aliphatic carbocycles. The minimum Gasteiger partial charge on any atom is -0.465 e. The molecule has 1 aliphatic heterocycles. The Morgan fingerprint density at radius 2 is 2.14 bits per heavy atom. The third-order valence-electron chi connectivity index (χ3n) is 3.15. The van der Waals surface area contributed by atoms with Crippen LogP contribution >= 0.6 is 34.8 Å². The van der Waals surface area contributed by atoms with Crippen LogP contribution in [0, 0.1) is 0 Å². The van der Waals surface area contributed by atoms with Crippen molar-refractivity contribution in [1.29, 1.82) is 0 Å². The summed E-state index contributed by atoms with van der Waals surface area (Å²) in [7, 11) is 0. The van der Waals surface area contributed by atoms with E-state index in [4.69, 9.17) is 49.0 Å². The van der Waals surface area contributed by atoms with E-state index in [1.807, 2.05) is 0 Å². The molecule has 2 atom stereocenters. The Morgan fingerprint density at radius 3 is 2.73 bits per heavy atom. The molecular formula is C15H17Cl3O4. The quantitative estimate of drug-likeness (QED) is 0.578. The molecule has 122 valence electrons. The number of hydrogen-bond donors (Lipinski definition) is 0. The van der Waals surface area contributed by atoms with E-state index < -0.39 is 15.9 Å². The minimum absolute atomic E-state index is 0.274. The van der Waals surface area contributed by atoms with Crippen LogP contribution in [0.1, 0.15) is 37.9 Å². The van der Waals surface area contributed by atoms with Gasteiger partial charge in [0, 0.05) is 18.9 Å². The van der Waals surface area contributed by atoms with Crippen LogP contribution < -0.4 is 4.74 Å². The Labute approximate surface area is 144 Å². The fourth-order valence-electron chi connectivity index (χ4n) is 2.20. The van der Waals surface area contributed by atoms with Crippen molar-refractivity contribution in [3.05, 3.63) is 29.8 Å². The number of esters is 1. The first-order chi connectivity index (χ1) is 10.4. The van der Waals surface area contributed by atoms with Gasteiger partial charge in [-0.25, -0.2) is 0 Å². The number of benzene rings is 1. The maximum atomic E-state index is 11.2. The van der Waals surface area contributed by atoms with Gasteiger partial charge in [-0.3, -0.25) is 4.79 Å². The van der Waals surface area contributed by atoms with Gasteiger partial charge in [-0.05, 0) is 25.0 Å². The molecule has 2 rings (SSSR count). The van der Waals surface area contributed by atoms with Crippen LogP contribution in [0.4, 0.5) is 0 Å². The summed E-state index contributed by atoms with van der Waals surface area (Å²) in [4.78, 5) is 11.2. The van der Waals surface area contributed by atoms with Gasteiger partial charge < -0.3 is 14.2 Å². The highest BCUT2D eigenvalue weighted by Gasteiger charge is 2.37. The molecule has 4 nitrogen and oxygen atoms in total. The molecule has 0 N–H and O–H groups in total. The van der Waals surface area contributed by atoms with Gasteiger partial charge in [0.2, 0.25) is 3.79 Å². The van der Waals surface area contributed by atoms with Crippen molar-refractivity contribution in [3.63, 3.8) is 0 Å². The number of carbonyl (C=O) groups is 1. The van der Waals surface area contributed by atoms with E-state index >= 15 is 0 Å². The van der Waals surface area contributed by atoms with E-state index in [1.165, 1.54) is 6.92 Å². The molecule has 1 aliphatic rings. The summed E-state index contributed by atoms with van der Waals surface area (Å²) < 4.78 is 14.7. The first kappa shape index (κ1) is 17.7. The molecule has 1 aromatic carbocycles. The first-order valence-corrected chi connectivity index (χ1v) is 8.12. The fourth-order valence-corrected chi connectivity index (χ4v) is 2.71. The van der Waals surface area contributed by atoms with Crippen LogP contribution in [0.3, 0.4) is 0 Å². The van der Waals surface area contributed by atoms with Gasteiger partial charge in [0.25, 0.3) is 0 Å². The molecule has 1 heterocycles. The Bertz CT molecular complexity index is 510. The van der Waals surface area contributed by atoms with Gasteiger partial charge in [-0.15, -0.1) is 0 Å². The zero-order valence-corrected chi connectivity index (χ0v) is 14.3. The van der Waals surface area contributed by atoms with Crippen LogP contribution in [0.2, 0.25) is 0 Å². The van der Waals surface area contributed by atoms with E-state index in [0.717, 1.165) is 19.3 Å². The van der Waals surface area contributed by atoms with Crippen molar-refractivity contribution in [1.82, 2.24) is 0 Å². The summed E-state index contributed by atoms with van der Waals surface area (Å²) in [5.41, 5.74) is 0.545. The Kier molecular flexibility index (Phi) is 6.21. The average Bonchev–Trinajstić information content (AvgIpc) is 2.45. The van der Waals surface area contributed by atoms with Crippen molar-refractivity contribution < 1.29 is 19.0 Å². The lowest BCUT2D eigenvalue weighted by Crippen LogP contribution is -2.25. The van der Waals surface area contributed by atoms with Crippen molar-refractivity contribution >= 4 is 40.8 Å². The highest BCUT2D eigenvalue weighted by atomic mass is 35.6. The molecular weight excluding hydrogens is 351 g/mol. The molecule has 0 saturated carbocycles. The third kappa shape index (κ3) is 5.20. The smallest absolute Gasteiger partial charge is 0.303 e. The second-order valence-corrected chi connectivity index (χ2v) is 7.39. The maximum absolute atomic E-state index is 11.2. The van der Waals surface area contributed by atoms with Gasteiger partial charge in [-0.2, -0.15) is 0 Å². The van der Waals surface area contributed by atoms with Crippen LogP contribution in [-0.4, -0.2) is 22.7 Å². The van der Waals surface area contributed by atoms with Gasteiger partial charge in [0.05, 0.1) is 6.61 Å². The molecule has 0 aromatic heterocycles. The zero-order chi connectivity index (χ0) is 16.2. The van der Waals surface area contributed by atoms with E-state index in [-0.39, 0.29) is 6.29 Å². The predicted molar refractivity (Wildman–Crippen MR) is 85.5 cm³/mol. The number of rotatable bonds is 4.